The summed E-state index contributed by atoms with van der Waals surface area (Å²) in [6.45, 7) is 5.73. The predicted octanol–water partition coefficient (Wildman–Crippen LogP) is 3.08. The number of hydrogen-bond donors (Lipinski definition) is 1. The van der Waals surface area contributed by atoms with Gasteiger partial charge in [0.25, 0.3) is 0 Å². The molecule has 0 radical (unpaired) electrons. The number of aromatic nitrogens is 5. The Morgan fingerprint density at radius 3 is 2.72 bits per heavy atom. The van der Waals surface area contributed by atoms with Crippen LogP contribution in [0, 0.1) is 13.8 Å². The SMILES string of the molecule is Cc1cc(Nc2nc(C)cs2)nc([C@H]2CCN(c3ncccn3)C2)n1. The van der Waals surface area contributed by atoms with Crippen LogP contribution in [-0.4, -0.2) is 38.0 Å². The summed E-state index contributed by atoms with van der Waals surface area (Å²) in [4.78, 5) is 24.7. The van der Waals surface area contributed by atoms with Crippen LogP contribution in [0.15, 0.2) is 29.9 Å². The molecule has 128 valence electrons. The smallest absolute Gasteiger partial charge is 0.225 e. The summed E-state index contributed by atoms with van der Waals surface area (Å²) in [6.07, 6.45) is 4.55. The van der Waals surface area contributed by atoms with E-state index >= 15 is 0 Å². The average molecular weight is 353 g/mol. The molecule has 7 nitrogen and oxygen atoms in total. The third-order valence-corrected chi connectivity index (χ3v) is 4.99. The molecule has 0 unspecified atom stereocenters. The van der Waals surface area contributed by atoms with E-state index in [0.29, 0.717) is 0 Å². The summed E-state index contributed by atoms with van der Waals surface area (Å²) in [5, 5.41) is 6.16. The molecule has 1 fully saturated rings. The molecule has 1 aliphatic rings. The van der Waals surface area contributed by atoms with Gasteiger partial charge in [0.1, 0.15) is 11.6 Å². The highest BCUT2D eigenvalue weighted by atomic mass is 32.1. The summed E-state index contributed by atoms with van der Waals surface area (Å²) in [5.74, 6) is 2.72. The Labute approximate surface area is 150 Å². The fraction of sp³-hybridized carbons (Fsp3) is 0.353. The number of rotatable bonds is 4. The van der Waals surface area contributed by atoms with E-state index in [0.717, 1.165) is 53.6 Å². The molecule has 0 bridgehead atoms. The molecule has 3 aromatic rings. The van der Waals surface area contributed by atoms with E-state index in [4.69, 9.17) is 4.98 Å². The monoisotopic (exact) mass is 353 g/mol. The molecule has 3 aromatic heterocycles. The Bertz CT molecular complexity index is 864. The third-order valence-electron chi connectivity index (χ3n) is 4.11. The number of nitrogens with zero attached hydrogens (tertiary/aromatic N) is 6. The molecule has 0 aliphatic carbocycles. The summed E-state index contributed by atoms with van der Waals surface area (Å²) < 4.78 is 0. The predicted molar refractivity (Wildman–Crippen MR) is 98.5 cm³/mol. The van der Waals surface area contributed by atoms with Gasteiger partial charge in [-0.05, 0) is 26.3 Å². The molecule has 0 amide bonds. The zero-order valence-corrected chi connectivity index (χ0v) is 15.0. The average Bonchev–Trinajstić information content (AvgIpc) is 3.24. The van der Waals surface area contributed by atoms with Gasteiger partial charge in [0.15, 0.2) is 5.13 Å². The van der Waals surface area contributed by atoms with Crippen molar-refractivity contribution in [2.24, 2.45) is 0 Å². The van der Waals surface area contributed by atoms with Gasteiger partial charge in [-0.15, -0.1) is 11.3 Å². The van der Waals surface area contributed by atoms with E-state index in [1.807, 2.05) is 31.4 Å². The summed E-state index contributed by atoms with van der Waals surface area (Å²) >= 11 is 1.58. The van der Waals surface area contributed by atoms with Crippen LogP contribution in [0.2, 0.25) is 0 Å². The van der Waals surface area contributed by atoms with Crippen molar-refractivity contribution in [2.75, 3.05) is 23.3 Å². The molecule has 1 aliphatic heterocycles. The van der Waals surface area contributed by atoms with Crippen molar-refractivity contribution in [2.45, 2.75) is 26.2 Å². The highest BCUT2D eigenvalue weighted by Gasteiger charge is 2.28. The van der Waals surface area contributed by atoms with Crippen LogP contribution in [0.3, 0.4) is 0 Å². The van der Waals surface area contributed by atoms with Crippen molar-refractivity contribution in [1.29, 1.82) is 0 Å². The van der Waals surface area contributed by atoms with Crippen LogP contribution in [-0.2, 0) is 0 Å². The topological polar surface area (TPSA) is 79.7 Å². The second kappa shape index (κ2) is 6.72. The van der Waals surface area contributed by atoms with E-state index in [9.17, 15) is 0 Å². The van der Waals surface area contributed by atoms with Crippen molar-refractivity contribution < 1.29 is 0 Å². The Kier molecular flexibility index (Phi) is 4.27. The maximum absolute atomic E-state index is 4.73. The quantitative estimate of drug-likeness (QED) is 0.772. The second-order valence-electron chi connectivity index (χ2n) is 6.15. The molecular formula is C17H19N7S. The van der Waals surface area contributed by atoms with Gasteiger partial charge >= 0.3 is 0 Å². The van der Waals surface area contributed by atoms with Gasteiger partial charge in [-0.2, -0.15) is 0 Å². The first kappa shape index (κ1) is 15.9. The van der Waals surface area contributed by atoms with Crippen molar-refractivity contribution in [3.63, 3.8) is 0 Å². The molecule has 4 rings (SSSR count). The molecule has 1 N–H and O–H groups in total. The number of aryl methyl sites for hydroxylation is 2. The normalized spacial score (nSPS) is 17.0. The van der Waals surface area contributed by atoms with Gasteiger partial charge in [0.2, 0.25) is 5.95 Å². The molecule has 1 atom stereocenters. The standard InChI is InChI=1S/C17H19N7S/c1-11-8-14(23-17-21-12(2)10-25-17)22-15(20-11)13-4-7-24(9-13)16-18-5-3-6-19-16/h3,5-6,8,10,13H,4,7,9H2,1-2H3,(H,20,21,22,23)/t13-/m0/s1. The number of anilines is 3. The van der Waals surface area contributed by atoms with Gasteiger partial charge < -0.3 is 10.2 Å². The zero-order valence-electron chi connectivity index (χ0n) is 14.2. The zero-order chi connectivity index (χ0) is 17.2. The van der Waals surface area contributed by atoms with Crippen LogP contribution < -0.4 is 10.2 Å². The summed E-state index contributed by atoms with van der Waals surface area (Å²) in [6, 6.07) is 3.78. The van der Waals surface area contributed by atoms with E-state index in [1.54, 1.807) is 23.7 Å². The lowest BCUT2D eigenvalue weighted by Gasteiger charge is -2.15. The Hall–Kier alpha value is -2.61. The first-order chi connectivity index (χ1) is 12.2. The Morgan fingerprint density at radius 2 is 1.96 bits per heavy atom. The van der Waals surface area contributed by atoms with Crippen molar-refractivity contribution in [3.05, 3.63) is 47.1 Å². The number of nitrogens with one attached hydrogen (secondary N) is 1. The number of hydrogen-bond acceptors (Lipinski definition) is 8. The fourth-order valence-electron chi connectivity index (χ4n) is 2.97. The van der Waals surface area contributed by atoms with Crippen LogP contribution in [0.25, 0.3) is 0 Å². The molecule has 0 spiro atoms. The Balaban J connectivity index is 1.52. The second-order valence-corrected chi connectivity index (χ2v) is 7.01. The molecule has 0 aromatic carbocycles. The lowest BCUT2D eigenvalue weighted by atomic mass is 10.1. The maximum atomic E-state index is 4.73. The summed E-state index contributed by atoms with van der Waals surface area (Å²) in [7, 11) is 0. The van der Waals surface area contributed by atoms with Crippen molar-refractivity contribution in [1.82, 2.24) is 24.9 Å². The Morgan fingerprint density at radius 1 is 1.12 bits per heavy atom. The van der Waals surface area contributed by atoms with Crippen LogP contribution in [0.4, 0.5) is 16.9 Å². The fourth-order valence-corrected chi connectivity index (χ4v) is 3.66. The lowest BCUT2D eigenvalue weighted by Crippen LogP contribution is -2.22. The van der Waals surface area contributed by atoms with Crippen molar-refractivity contribution >= 4 is 28.2 Å². The summed E-state index contributed by atoms with van der Waals surface area (Å²) in [5.41, 5.74) is 1.96. The van der Waals surface area contributed by atoms with Gasteiger partial charge in [-0.25, -0.2) is 24.9 Å². The third kappa shape index (κ3) is 3.58. The van der Waals surface area contributed by atoms with Gasteiger partial charge in [0, 0.05) is 48.5 Å². The van der Waals surface area contributed by atoms with E-state index in [-0.39, 0.29) is 5.92 Å². The van der Waals surface area contributed by atoms with Gasteiger partial charge in [0.05, 0.1) is 5.69 Å². The first-order valence-corrected chi connectivity index (χ1v) is 9.12. The lowest BCUT2D eigenvalue weighted by molar-refractivity contribution is 0.704. The van der Waals surface area contributed by atoms with E-state index in [2.05, 4.69) is 30.2 Å². The molecule has 1 saturated heterocycles. The highest BCUT2D eigenvalue weighted by molar-refractivity contribution is 7.13. The van der Waals surface area contributed by atoms with Crippen molar-refractivity contribution in [3.8, 4) is 0 Å². The largest absolute Gasteiger partial charge is 0.340 e. The minimum atomic E-state index is 0.280. The molecule has 8 heteroatoms. The maximum Gasteiger partial charge on any atom is 0.225 e. The van der Waals surface area contributed by atoms with E-state index in [1.165, 1.54) is 0 Å². The molecule has 0 saturated carbocycles. The number of thiazole rings is 1. The molecular weight excluding hydrogens is 334 g/mol. The van der Waals surface area contributed by atoms with E-state index < -0.39 is 0 Å². The van der Waals surface area contributed by atoms with Crippen LogP contribution in [0.5, 0.6) is 0 Å². The minimum absolute atomic E-state index is 0.280. The van der Waals surface area contributed by atoms with Crippen LogP contribution in [0.1, 0.15) is 29.6 Å². The highest BCUT2D eigenvalue weighted by Crippen LogP contribution is 2.28. The first-order valence-electron chi connectivity index (χ1n) is 8.24. The molecule has 25 heavy (non-hydrogen) atoms. The van der Waals surface area contributed by atoms with Gasteiger partial charge in [-0.3, -0.25) is 0 Å². The minimum Gasteiger partial charge on any atom is -0.340 e. The molecule has 4 heterocycles. The van der Waals surface area contributed by atoms with Crippen LogP contribution >= 0.6 is 11.3 Å². The van der Waals surface area contributed by atoms with Gasteiger partial charge in [-0.1, -0.05) is 0 Å².